The maximum absolute atomic E-state index is 5.66. The molecule has 94 valence electrons. The molecule has 0 spiro atoms. The van der Waals surface area contributed by atoms with Gasteiger partial charge < -0.3 is 11.1 Å². The van der Waals surface area contributed by atoms with Crippen molar-refractivity contribution in [3.63, 3.8) is 0 Å². The number of aromatic nitrogens is 3. The molecule has 0 saturated heterocycles. The van der Waals surface area contributed by atoms with Crippen LogP contribution in [0.2, 0.25) is 0 Å². The van der Waals surface area contributed by atoms with E-state index >= 15 is 0 Å². The highest BCUT2D eigenvalue weighted by Gasteiger charge is 2.04. The van der Waals surface area contributed by atoms with Gasteiger partial charge in [0.05, 0.1) is 0 Å². The molecule has 0 bridgehead atoms. The van der Waals surface area contributed by atoms with Crippen molar-refractivity contribution in [2.75, 3.05) is 16.9 Å². The molecule has 0 aliphatic carbocycles. The van der Waals surface area contributed by atoms with Gasteiger partial charge in [-0.25, -0.2) is 0 Å². The van der Waals surface area contributed by atoms with Gasteiger partial charge in [-0.05, 0) is 19.1 Å². The second-order valence-corrected chi connectivity index (χ2v) is 4.24. The quantitative estimate of drug-likeness (QED) is 0.828. The Morgan fingerprint density at radius 2 is 1.89 bits per heavy atom. The van der Waals surface area contributed by atoms with Crippen LogP contribution >= 0.6 is 11.6 Å². The second-order valence-electron chi connectivity index (χ2n) is 3.86. The number of hydrogen-bond acceptors (Lipinski definition) is 5. The number of hydrogen-bond donors (Lipinski definition) is 2. The lowest BCUT2D eigenvalue weighted by Crippen LogP contribution is -2.07. The second kappa shape index (κ2) is 5.64. The summed E-state index contributed by atoms with van der Waals surface area (Å²) < 4.78 is 0. The Labute approximate surface area is 110 Å². The van der Waals surface area contributed by atoms with E-state index in [1.54, 1.807) is 0 Å². The molecule has 2 rings (SSSR count). The third kappa shape index (κ3) is 3.30. The van der Waals surface area contributed by atoms with Gasteiger partial charge in [-0.2, -0.15) is 15.0 Å². The molecule has 1 aromatic carbocycles. The molecule has 5 nitrogen and oxygen atoms in total. The molecule has 6 heteroatoms. The smallest absolute Gasteiger partial charge is 0.232 e. The van der Waals surface area contributed by atoms with Crippen molar-refractivity contribution in [2.45, 2.75) is 13.3 Å². The lowest BCUT2D eigenvalue weighted by Gasteiger charge is -2.06. The van der Waals surface area contributed by atoms with E-state index in [0.717, 1.165) is 5.69 Å². The Balaban J connectivity index is 2.20. The third-order valence-corrected chi connectivity index (χ3v) is 2.51. The molecule has 0 unspecified atom stereocenters. The number of nitrogens with zero attached hydrogens (tertiary/aromatic N) is 3. The molecule has 0 fully saturated rings. The molecule has 0 amide bonds. The molecule has 2 aromatic rings. The zero-order valence-corrected chi connectivity index (χ0v) is 10.8. The first-order valence-electron chi connectivity index (χ1n) is 5.57. The number of benzene rings is 1. The average Bonchev–Trinajstić information content (AvgIpc) is 2.32. The fourth-order valence-corrected chi connectivity index (χ4v) is 1.63. The van der Waals surface area contributed by atoms with Gasteiger partial charge in [-0.3, -0.25) is 0 Å². The van der Waals surface area contributed by atoms with Crippen molar-refractivity contribution in [1.82, 2.24) is 15.0 Å². The zero-order valence-electron chi connectivity index (χ0n) is 10.0. The Morgan fingerprint density at radius 3 is 2.56 bits per heavy atom. The van der Waals surface area contributed by atoms with Crippen LogP contribution in [0.3, 0.4) is 0 Å². The van der Waals surface area contributed by atoms with Crippen molar-refractivity contribution >= 4 is 29.2 Å². The third-order valence-electron chi connectivity index (χ3n) is 2.32. The summed E-state index contributed by atoms with van der Waals surface area (Å²) in [6, 6.07) is 7.92. The topological polar surface area (TPSA) is 76.7 Å². The molecule has 18 heavy (non-hydrogen) atoms. The standard InChI is InChI=1S/C12H14ClN5/c1-8-2-4-9(5-3-8)15-12-17-10(6-7-13)16-11(14)18-12/h2-5H,6-7H2,1H3,(H3,14,15,16,17,18). The predicted octanol–water partition coefficient (Wildman–Crippen LogP) is 2.29. The summed E-state index contributed by atoms with van der Waals surface area (Å²) in [7, 11) is 0. The minimum atomic E-state index is 0.194. The molecule has 0 saturated carbocycles. The lowest BCUT2D eigenvalue weighted by atomic mass is 10.2. The molecule has 0 radical (unpaired) electrons. The highest BCUT2D eigenvalue weighted by Crippen LogP contribution is 2.14. The van der Waals surface area contributed by atoms with E-state index in [9.17, 15) is 0 Å². The van der Waals surface area contributed by atoms with Gasteiger partial charge in [0.2, 0.25) is 11.9 Å². The van der Waals surface area contributed by atoms with Crippen LogP contribution in [0.25, 0.3) is 0 Å². The van der Waals surface area contributed by atoms with Gasteiger partial charge in [-0.1, -0.05) is 17.7 Å². The van der Waals surface area contributed by atoms with Gasteiger partial charge in [0.15, 0.2) is 0 Å². The largest absolute Gasteiger partial charge is 0.368 e. The number of rotatable bonds is 4. The summed E-state index contributed by atoms with van der Waals surface area (Å²) in [4.78, 5) is 12.3. The number of nitrogens with one attached hydrogen (secondary N) is 1. The molecule has 1 aromatic heterocycles. The summed E-state index contributed by atoms with van der Waals surface area (Å²) in [6.45, 7) is 2.03. The maximum Gasteiger partial charge on any atom is 0.232 e. The highest BCUT2D eigenvalue weighted by molar-refractivity contribution is 6.17. The number of nitrogen functional groups attached to an aromatic ring is 1. The summed E-state index contributed by atoms with van der Waals surface area (Å²) in [5.41, 5.74) is 7.72. The monoisotopic (exact) mass is 263 g/mol. The van der Waals surface area contributed by atoms with Crippen LogP contribution < -0.4 is 11.1 Å². The van der Waals surface area contributed by atoms with Crippen molar-refractivity contribution < 1.29 is 0 Å². The maximum atomic E-state index is 5.66. The van der Waals surface area contributed by atoms with Crippen LogP contribution in [0.5, 0.6) is 0 Å². The van der Waals surface area contributed by atoms with Crippen molar-refractivity contribution in [2.24, 2.45) is 0 Å². The van der Waals surface area contributed by atoms with E-state index in [2.05, 4.69) is 20.3 Å². The first kappa shape index (κ1) is 12.6. The first-order valence-corrected chi connectivity index (χ1v) is 6.11. The fraction of sp³-hybridized carbons (Fsp3) is 0.250. The van der Waals surface area contributed by atoms with Gasteiger partial charge >= 0.3 is 0 Å². The molecule has 1 heterocycles. The molecular weight excluding hydrogens is 250 g/mol. The van der Waals surface area contributed by atoms with Crippen molar-refractivity contribution in [1.29, 1.82) is 0 Å². The van der Waals surface area contributed by atoms with Crippen LogP contribution in [0.4, 0.5) is 17.6 Å². The van der Waals surface area contributed by atoms with Crippen LogP contribution in [0.1, 0.15) is 11.4 Å². The zero-order chi connectivity index (χ0) is 13.0. The van der Waals surface area contributed by atoms with Gasteiger partial charge in [-0.15, -0.1) is 11.6 Å². The van der Waals surface area contributed by atoms with Crippen LogP contribution in [0.15, 0.2) is 24.3 Å². The van der Waals surface area contributed by atoms with Gasteiger partial charge in [0.25, 0.3) is 0 Å². The fourth-order valence-electron chi connectivity index (χ4n) is 1.46. The molecule has 0 atom stereocenters. The van der Waals surface area contributed by atoms with E-state index in [-0.39, 0.29) is 5.95 Å². The number of halogens is 1. The van der Waals surface area contributed by atoms with Crippen LogP contribution in [-0.2, 0) is 6.42 Å². The Morgan fingerprint density at radius 1 is 1.17 bits per heavy atom. The molecule has 0 aliphatic heterocycles. The normalized spacial score (nSPS) is 10.3. The van der Waals surface area contributed by atoms with E-state index in [1.165, 1.54) is 5.56 Å². The van der Waals surface area contributed by atoms with Crippen molar-refractivity contribution in [3.05, 3.63) is 35.7 Å². The van der Waals surface area contributed by atoms with E-state index < -0.39 is 0 Å². The Bertz CT molecular complexity index is 526. The van der Waals surface area contributed by atoms with Gasteiger partial charge in [0.1, 0.15) is 5.82 Å². The predicted molar refractivity (Wildman–Crippen MR) is 73.1 cm³/mol. The van der Waals surface area contributed by atoms with E-state index in [4.69, 9.17) is 17.3 Å². The summed E-state index contributed by atoms with van der Waals surface area (Å²) >= 11 is 5.66. The van der Waals surface area contributed by atoms with Crippen LogP contribution in [0, 0.1) is 6.92 Å². The minimum Gasteiger partial charge on any atom is -0.368 e. The van der Waals surface area contributed by atoms with Crippen LogP contribution in [-0.4, -0.2) is 20.8 Å². The lowest BCUT2D eigenvalue weighted by molar-refractivity contribution is 0.917. The van der Waals surface area contributed by atoms with E-state index in [0.29, 0.717) is 24.1 Å². The summed E-state index contributed by atoms with van der Waals surface area (Å²) in [5.74, 6) is 1.67. The number of aryl methyl sites for hydroxylation is 2. The Hall–Kier alpha value is -1.88. The minimum absolute atomic E-state index is 0.194. The first-order chi connectivity index (χ1) is 8.67. The molecule has 0 aliphatic rings. The summed E-state index contributed by atoms with van der Waals surface area (Å²) in [6.07, 6.45) is 0.566. The van der Waals surface area contributed by atoms with E-state index in [1.807, 2.05) is 31.2 Å². The Kier molecular flexibility index (Phi) is 3.94. The number of anilines is 3. The van der Waals surface area contributed by atoms with Gasteiger partial charge in [0, 0.05) is 18.0 Å². The SMILES string of the molecule is Cc1ccc(Nc2nc(N)nc(CCCl)n2)cc1. The molecule has 3 N–H and O–H groups in total. The molecular formula is C12H14ClN5. The summed E-state index contributed by atoms with van der Waals surface area (Å²) in [5, 5.41) is 3.09. The highest BCUT2D eigenvalue weighted by atomic mass is 35.5. The van der Waals surface area contributed by atoms with Crippen molar-refractivity contribution in [3.8, 4) is 0 Å². The average molecular weight is 264 g/mol. The number of alkyl halides is 1. The number of nitrogens with two attached hydrogens (primary N) is 1.